The summed E-state index contributed by atoms with van der Waals surface area (Å²) in [6.07, 6.45) is 1.02. The number of benzene rings is 1. The molecule has 0 aliphatic heterocycles. The largest absolute Gasteiger partial charge is 0.508 e. The van der Waals surface area contributed by atoms with E-state index in [-0.39, 0.29) is 29.7 Å². The Morgan fingerprint density at radius 2 is 2.15 bits per heavy atom. The van der Waals surface area contributed by atoms with Gasteiger partial charge < -0.3 is 20.5 Å². The number of rotatable bonds is 5. The number of hydrogen-bond acceptors (Lipinski definition) is 3. The minimum atomic E-state index is 0. The van der Waals surface area contributed by atoms with Gasteiger partial charge in [-0.1, -0.05) is 6.92 Å². The zero-order chi connectivity index (χ0) is 14.3. The monoisotopic (exact) mass is 393 g/mol. The van der Waals surface area contributed by atoms with Crippen molar-refractivity contribution in [1.29, 1.82) is 0 Å². The maximum absolute atomic E-state index is 9.79. The number of nitrogens with zero attached hydrogens (tertiary/aromatic N) is 1. The number of guanidine groups is 1. The Hall–Kier alpha value is -1.18. The highest BCUT2D eigenvalue weighted by molar-refractivity contribution is 14.0. The first-order valence-electron chi connectivity index (χ1n) is 6.43. The Kier molecular flexibility index (Phi) is 9.11. The van der Waals surface area contributed by atoms with Crippen LogP contribution in [0.1, 0.15) is 25.8 Å². The molecule has 0 fully saturated rings. The second-order valence-electron chi connectivity index (χ2n) is 4.37. The Labute approximate surface area is 137 Å². The molecule has 5 nitrogen and oxygen atoms in total. The van der Waals surface area contributed by atoms with Crippen LogP contribution in [0.4, 0.5) is 0 Å². The van der Waals surface area contributed by atoms with Gasteiger partial charge in [0.05, 0.1) is 7.11 Å². The van der Waals surface area contributed by atoms with Gasteiger partial charge in [-0.3, -0.25) is 4.99 Å². The molecular formula is C14H24IN3O2. The van der Waals surface area contributed by atoms with Crippen molar-refractivity contribution in [3.05, 3.63) is 23.8 Å². The summed E-state index contributed by atoms with van der Waals surface area (Å²) in [5.74, 6) is 1.68. The van der Waals surface area contributed by atoms with Crippen LogP contribution in [0.3, 0.4) is 0 Å². The van der Waals surface area contributed by atoms with E-state index >= 15 is 0 Å². The molecule has 6 heteroatoms. The third-order valence-corrected chi connectivity index (χ3v) is 2.95. The predicted octanol–water partition coefficient (Wildman–Crippen LogP) is 2.48. The van der Waals surface area contributed by atoms with Crippen molar-refractivity contribution in [3.63, 3.8) is 0 Å². The molecule has 0 saturated heterocycles. The van der Waals surface area contributed by atoms with Crippen LogP contribution in [0, 0.1) is 0 Å². The normalized spacial score (nSPS) is 12.3. The topological polar surface area (TPSA) is 65.9 Å². The first kappa shape index (κ1) is 18.8. The summed E-state index contributed by atoms with van der Waals surface area (Å²) in [5, 5.41) is 16.2. The lowest BCUT2D eigenvalue weighted by atomic mass is 10.2. The molecular weight excluding hydrogens is 369 g/mol. The summed E-state index contributed by atoms with van der Waals surface area (Å²) in [6.45, 7) is 4.69. The number of ether oxygens (including phenoxy) is 1. The zero-order valence-electron chi connectivity index (χ0n) is 12.4. The highest BCUT2D eigenvalue weighted by Gasteiger charge is 2.06. The second-order valence-corrected chi connectivity index (χ2v) is 4.37. The minimum absolute atomic E-state index is 0. The number of methoxy groups -OCH3 is 1. The fraction of sp³-hybridized carbons (Fsp3) is 0.500. The van der Waals surface area contributed by atoms with Crippen LogP contribution in [0.5, 0.6) is 11.5 Å². The van der Waals surface area contributed by atoms with Gasteiger partial charge in [0.25, 0.3) is 0 Å². The molecule has 0 radical (unpaired) electrons. The number of aromatic hydroxyl groups is 1. The Balaban J connectivity index is 0.00000361. The van der Waals surface area contributed by atoms with Gasteiger partial charge in [-0.2, -0.15) is 0 Å². The lowest BCUT2D eigenvalue weighted by Gasteiger charge is -2.17. The number of phenolic OH excluding ortho intramolecular Hbond substituents is 1. The summed E-state index contributed by atoms with van der Waals surface area (Å²) in [5.41, 5.74) is 0.770. The first-order valence-corrected chi connectivity index (χ1v) is 6.43. The first-order chi connectivity index (χ1) is 9.10. The van der Waals surface area contributed by atoms with Crippen molar-refractivity contribution in [2.75, 3.05) is 14.2 Å². The third kappa shape index (κ3) is 5.85. The number of hydrogen-bond donors (Lipinski definition) is 3. The molecule has 0 amide bonds. The van der Waals surface area contributed by atoms with Gasteiger partial charge >= 0.3 is 0 Å². The standard InChI is InChI=1S/C14H23N3O2.HI/c1-5-10(2)17-14(15-3)16-9-11-8-12(19-4)6-7-13(11)18;/h6-8,10,18H,5,9H2,1-4H3,(H2,15,16,17);1H. The van der Waals surface area contributed by atoms with E-state index in [0.29, 0.717) is 12.6 Å². The average Bonchev–Trinajstić information content (AvgIpc) is 2.44. The van der Waals surface area contributed by atoms with Crippen molar-refractivity contribution in [2.24, 2.45) is 4.99 Å². The van der Waals surface area contributed by atoms with E-state index in [1.807, 2.05) is 0 Å². The summed E-state index contributed by atoms with van der Waals surface area (Å²) in [6, 6.07) is 5.51. The van der Waals surface area contributed by atoms with Crippen LogP contribution in [0.2, 0.25) is 0 Å². The molecule has 0 heterocycles. The van der Waals surface area contributed by atoms with Crippen LogP contribution < -0.4 is 15.4 Å². The summed E-state index contributed by atoms with van der Waals surface area (Å²) < 4.78 is 5.14. The molecule has 20 heavy (non-hydrogen) atoms. The Morgan fingerprint density at radius 1 is 1.45 bits per heavy atom. The summed E-state index contributed by atoms with van der Waals surface area (Å²) in [7, 11) is 3.33. The molecule has 114 valence electrons. The summed E-state index contributed by atoms with van der Waals surface area (Å²) >= 11 is 0. The maximum atomic E-state index is 9.79. The van der Waals surface area contributed by atoms with Gasteiger partial charge in [-0.25, -0.2) is 0 Å². The number of phenols is 1. The van der Waals surface area contributed by atoms with E-state index in [1.54, 1.807) is 32.4 Å². The van der Waals surface area contributed by atoms with Crippen molar-refractivity contribution in [3.8, 4) is 11.5 Å². The molecule has 1 aromatic rings. The zero-order valence-corrected chi connectivity index (χ0v) is 14.8. The molecule has 0 bridgehead atoms. The molecule has 0 aromatic heterocycles. The average molecular weight is 393 g/mol. The number of halogens is 1. The predicted molar refractivity (Wildman–Crippen MR) is 93.2 cm³/mol. The van der Waals surface area contributed by atoms with Gasteiger partial charge in [0.15, 0.2) is 5.96 Å². The molecule has 0 aliphatic carbocycles. The Bertz CT molecular complexity index is 438. The van der Waals surface area contributed by atoms with E-state index in [0.717, 1.165) is 23.7 Å². The fourth-order valence-corrected chi connectivity index (χ4v) is 1.54. The van der Waals surface area contributed by atoms with Gasteiger partial charge in [0.2, 0.25) is 0 Å². The SMILES string of the molecule is CCC(C)NC(=NC)NCc1cc(OC)ccc1O.I. The van der Waals surface area contributed by atoms with Crippen LogP contribution in [0.25, 0.3) is 0 Å². The highest BCUT2D eigenvalue weighted by atomic mass is 127. The van der Waals surface area contributed by atoms with E-state index in [1.165, 1.54) is 0 Å². The molecule has 1 atom stereocenters. The fourth-order valence-electron chi connectivity index (χ4n) is 1.54. The third-order valence-electron chi connectivity index (χ3n) is 2.95. The minimum Gasteiger partial charge on any atom is -0.508 e. The van der Waals surface area contributed by atoms with Gasteiger partial charge in [0.1, 0.15) is 11.5 Å². The maximum Gasteiger partial charge on any atom is 0.191 e. The second kappa shape index (κ2) is 9.68. The molecule has 0 saturated carbocycles. The lowest BCUT2D eigenvalue weighted by molar-refractivity contribution is 0.410. The molecule has 0 aliphatic rings. The van der Waals surface area contributed by atoms with Gasteiger partial charge in [-0.05, 0) is 31.5 Å². The molecule has 1 unspecified atom stereocenters. The lowest BCUT2D eigenvalue weighted by Crippen LogP contribution is -2.41. The van der Waals surface area contributed by atoms with E-state index in [9.17, 15) is 5.11 Å². The van der Waals surface area contributed by atoms with E-state index < -0.39 is 0 Å². The van der Waals surface area contributed by atoms with E-state index in [2.05, 4.69) is 29.5 Å². The van der Waals surface area contributed by atoms with Crippen LogP contribution >= 0.6 is 24.0 Å². The van der Waals surface area contributed by atoms with Crippen LogP contribution in [-0.2, 0) is 6.54 Å². The number of aliphatic imine (C=N–C) groups is 1. The van der Waals surface area contributed by atoms with Crippen molar-refractivity contribution in [2.45, 2.75) is 32.9 Å². The van der Waals surface area contributed by atoms with Crippen molar-refractivity contribution >= 4 is 29.9 Å². The Morgan fingerprint density at radius 3 is 2.70 bits per heavy atom. The van der Waals surface area contributed by atoms with Gasteiger partial charge in [-0.15, -0.1) is 24.0 Å². The van der Waals surface area contributed by atoms with Gasteiger partial charge in [0, 0.05) is 25.2 Å². The molecule has 1 rings (SSSR count). The summed E-state index contributed by atoms with van der Waals surface area (Å²) in [4.78, 5) is 4.14. The molecule has 1 aromatic carbocycles. The quantitative estimate of drug-likeness (QED) is 0.409. The van der Waals surface area contributed by atoms with E-state index in [4.69, 9.17) is 4.74 Å². The van der Waals surface area contributed by atoms with Crippen LogP contribution in [0.15, 0.2) is 23.2 Å². The van der Waals surface area contributed by atoms with Crippen molar-refractivity contribution in [1.82, 2.24) is 10.6 Å². The smallest absolute Gasteiger partial charge is 0.191 e. The van der Waals surface area contributed by atoms with Crippen LogP contribution in [-0.4, -0.2) is 31.3 Å². The molecule has 3 N–H and O–H groups in total. The van der Waals surface area contributed by atoms with Crippen molar-refractivity contribution < 1.29 is 9.84 Å². The number of nitrogens with one attached hydrogen (secondary N) is 2. The highest BCUT2D eigenvalue weighted by Crippen LogP contribution is 2.22. The molecule has 0 spiro atoms.